The molecule has 0 amide bonds. The van der Waals surface area contributed by atoms with Gasteiger partial charge in [0, 0.05) is 11.0 Å². The number of hydrogen-bond donors (Lipinski definition) is 0. The minimum atomic E-state index is -0.340. The van der Waals surface area contributed by atoms with Crippen LogP contribution in [0.2, 0.25) is 0 Å². The lowest BCUT2D eigenvalue weighted by Crippen LogP contribution is -2.06. The summed E-state index contributed by atoms with van der Waals surface area (Å²) < 4.78 is 10.6. The molecule has 0 saturated heterocycles. The molecule has 3 nitrogen and oxygen atoms in total. The van der Waals surface area contributed by atoms with E-state index in [1.54, 1.807) is 7.11 Å². The molecule has 0 saturated carbocycles. The van der Waals surface area contributed by atoms with E-state index in [0.29, 0.717) is 12.0 Å². The van der Waals surface area contributed by atoms with Crippen LogP contribution in [0.3, 0.4) is 0 Å². The number of carbonyl (C=O) groups is 1. The van der Waals surface area contributed by atoms with Gasteiger partial charge < -0.3 is 9.47 Å². The van der Waals surface area contributed by atoms with Crippen LogP contribution in [-0.2, 0) is 16.1 Å². The zero-order valence-corrected chi connectivity index (χ0v) is 11.8. The number of methoxy groups -OCH3 is 1. The first-order valence-corrected chi connectivity index (χ1v) is 6.57. The van der Waals surface area contributed by atoms with Crippen molar-refractivity contribution in [3.05, 3.63) is 54.1 Å². The summed E-state index contributed by atoms with van der Waals surface area (Å²) in [5.74, 6) is 0.473. The molecule has 0 aliphatic carbocycles. The van der Waals surface area contributed by atoms with Gasteiger partial charge in [0.1, 0.15) is 12.4 Å². The van der Waals surface area contributed by atoms with Crippen LogP contribution in [0.15, 0.2) is 48.6 Å². The Labute approximate surface area is 118 Å². The molecule has 2 aromatic rings. The van der Waals surface area contributed by atoms with Gasteiger partial charge in [0.25, 0.3) is 0 Å². The summed E-state index contributed by atoms with van der Waals surface area (Å²) in [7, 11) is 1.65. The number of fused-ring (bicyclic) bond motifs is 1. The van der Waals surface area contributed by atoms with Crippen molar-refractivity contribution < 1.29 is 14.3 Å². The van der Waals surface area contributed by atoms with Crippen LogP contribution in [0.25, 0.3) is 10.8 Å². The summed E-state index contributed by atoms with van der Waals surface area (Å²) in [6.45, 7) is 5.80. The van der Waals surface area contributed by atoms with Crippen LogP contribution in [-0.4, -0.2) is 13.1 Å². The zero-order chi connectivity index (χ0) is 14.5. The standard InChI is InChI=1S/C17H18O3/c1-4-12(2)17(18)20-11-13-9-10-16(19-3)15-8-6-5-7-14(13)15/h5-10H,2,4,11H2,1,3H3. The summed E-state index contributed by atoms with van der Waals surface area (Å²) in [5.41, 5.74) is 1.45. The van der Waals surface area contributed by atoms with Crippen molar-refractivity contribution >= 4 is 16.7 Å². The van der Waals surface area contributed by atoms with Gasteiger partial charge in [-0.2, -0.15) is 0 Å². The van der Waals surface area contributed by atoms with Crippen molar-refractivity contribution in [2.75, 3.05) is 7.11 Å². The Morgan fingerprint density at radius 3 is 2.50 bits per heavy atom. The Bertz CT molecular complexity index is 644. The first-order valence-electron chi connectivity index (χ1n) is 6.57. The van der Waals surface area contributed by atoms with Crippen molar-refractivity contribution in [2.45, 2.75) is 20.0 Å². The number of benzene rings is 2. The Kier molecular flexibility index (Phi) is 4.41. The van der Waals surface area contributed by atoms with E-state index in [4.69, 9.17) is 9.47 Å². The Hall–Kier alpha value is -2.29. The Morgan fingerprint density at radius 2 is 1.85 bits per heavy atom. The number of carbonyl (C=O) groups excluding carboxylic acids is 1. The van der Waals surface area contributed by atoms with Gasteiger partial charge >= 0.3 is 5.97 Å². The van der Waals surface area contributed by atoms with Gasteiger partial charge in [0.15, 0.2) is 0 Å². The number of esters is 1. The molecular weight excluding hydrogens is 252 g/mol. The SMILES string of the molecule is C=C(CC)C(=O)OCc1ccc(OC)c2ccccc12. The lowest BCUT2D eigenvalue weighted by atomic mass is 10.0. The summed E-state index contributed by atoms with van der Waals surface area (Å²) >= 11 is 0. The zero-order valence-electron chi connectivity index (χ0n) is 11.8. The van der Waals surface area contributed by atoms with Crippen molar-refractivity contribution in [3.63, 3.8) is 0 Å². The second kappa shape index (κ2) is 6.24. The largest absolute Gasteiger partial charge is 0.496 e. The highest BCUT2D eigenvalue weighted by Gasteiger charge is 2.10. The maximum atomic E-state index is 11.7. The third-order valence-corrected chi connectivity index (χ3v) is 3.27. The second-order valence-electron chi connectivity index (χ2n) is 4.51. The number of rotatable bonds is 5. The molecule has 0 bridgehead atoms. The van der Waals surface area contributed by atoms with E-state index in [-0.39, 0.29) is 12.6 Å². The summed E-state index contributed by atoms with van der Waals surface area (Å²) in [5, 5.41) is 2.04. The Morgan fingerprint density at radius 1 is 1.15 bits per heavy atom. The van der Waals surface area contributed by atoms with Gasteiger partial charge in [-0.3, -0.25) is 0 Å². The van der Waals surface area contributed by atoms with Gasteiger partial charge in [-0.15, -0.1) is 0 Å². The van der Waals surface area contributed by atoms with Crippen LogP contribution < -0.4 is 4.74 Å². The molecule has 3 heteroatoms. The van der Waals surface area contributed by atoms with Gasteiger partial charge in [0.05, 0.1) is 7.11 Å². The lowest BCUT2D eigenvalue weighted by Gasteiger charge is -2.11. The van der Waals surface area contributed by atoms with Crippen LogP contribution >= 0.6 is 0 Å². The van der Waals surface area contributed by atoms with Crippen molar-refractivity contribution in [2.24, 2.45) is 0 Å². The average Bonchev–Trinajstić information content (AvgIpc) is 2.51. The van der Waals surface area contributed by atoms with Crippen molar-refractivity contribution in [1.82, 2.24) is 0 Å². The summed E-state index contributed by atoms with van der Waals surface area (Å²) in [6, 6.07) is 11.7. The third kappa shape index (κ3) is 2.82. The lowest BCUT2D eigenvalue weighted by molar-refractivity contribution is -0.140. The van der Waals surface area contributed by atoms with E-state index in [9.17, 15) is 4.79 Å². The van der Waals surface area contributed by atoms with Gasteiger partial charge in [-0.1, -0.05) is 43.8 Å². The van der Waals surface area contributed by atoms with Crippen LogP contribution in [0.4, 0.5) is 0 Å². The molecule has 2 aromatic carbocycles. The molecule has 0 aliphatic rings. The maximum absolute atomic E-state index is 11.7. The van der Waals surface area contributed by atoms with Crippen LogP contribution in [0.5, 0.6) is 5.75 Å². The first-order chi connectivity index (χ1) is 9.67. The highest BCUT2D eigenvalue weighted by Crippen LogP contribution is 2.28. The van der Waals surface area contributed by atoms with Gasteiger partial charge in [-0.05, 0) is 23.4 Å². The minimum absolute atomic E-state index is 0.238. The van der Waals surface area contributed by atoms with Gasteiger partial charge in [0.2, 0.25) is 0 Å². The van der Waals surface area contributed by atoms with E-state index >= 15 is 0 Å². The molecule has 0 aromatic heterocycles. The monoisotopic (exact) mass is 270 g/mol. The van der Waals surface area contributed by atoms with E-state index in [1.165, 1.54) is 0 Å². The predicted octanol–water partition coefficient (Wildman–Crippen LogP) is 3.86. The molecule has 104 valence electrons. The fourth-order valence-corrected chi connectivity index (χ4v) is 2.03. The van der Waals surface area contributed by atoms with Crippen LogP contribution in [0, 0.1) is 0 Å². The molecule has 0 N–H and O–H groups in total. The minimum Gasteiger partial charge on any atom is -0.496 e. The first kappa shape index (κ1) is 14.1. The number of hydrogen-bond acceptors (Lipinski definition) is 3. The highest BCUT2D eigenvalue weighted by atomic mass is 16.5. The molecular formula is C17H18O3. The Balaban J connectivity index is 2.27. The molecule has 0 radical (unpaired) electrons. The normalized spacial score (nSPS) is 10.3. The van der Waals surface area contributed by atoms with Crippen molar-refractivity contribution in [3.8, 4) is 5.75 Å². The quantitative estimate of drug-likeness (QED) is 0.611. The summed E-state index contributed by atoms with van der Waals surface area (Å²) in [4.78, 5) is 11.7. The van der Waals surface area contributed by atoms with Crippen molar-refractivity contribution in [1.29, 1.82) is 0 Å². The molecule has 0 unspecified atom stereocenters. The molecule has 0 fully saturated rings. The predicted molar refractivity (Wildman–Crippen MR) is 79.7 cm³/mol. The molecule has 0 aliphatic heterocycles. The molecule has 0 atom stereocenters. The molecule has 0 spiro atoms. The van der Waals surface area contributed by atoms with Gasteiger partial charge in [-0.25, -0.2) is 4.79 Å². The van der Waals surface area contributed by atoms with E-state index in [1.807, 2.05) is 43.3 Å². The second-order valence-corrected chi connectivity index (χ2v) is 4.51. The summed E-state index contributed by atoms with van der Waals surface area (Å²) in [6.07, 6.45) is 0.599. The molecule has 2 rings (SSSR count). The number of ether oxygens (including phenoxy) is 2. The fourth-order valence-electron chi connectivity index (χ4n) is 2.03. The maximum Gasteiger partial charge on any atom is 0.333 e. The van der Waals surface area contributed by atoms with E-state index in [2.05, 4.69) is 6.58 Å². The van der Waals surface area contributed by atoms with Crippen LogP contribution in [0.1, 0.15) is 18.9 Å². The third-order valence-electron chi connectivity index (χ3n) is 3.27. The molecule has 0 heterocycles. The molecule has 20 heavy (non-hydrogen) atoms. The topological polar surface area (TPSA) is 35.5 Å². The highest BCUT2D eigenvalue weighted by molar-refractivity contribution is 5.91. The van der Waals surface area contributed by atoms with E-state index < -0.39 is 0 Å². The fraction of sp³-hybridized carbons (Fsp3) is 0.235. The average molecular weight is 270 g/mol. The smallest absolute Gasteiger partial charge is 0.333 e. The van der Waals surface area contributed by atoms with E-state index in [0.717, 1.165) is 22.1 Å².